The van der Waals surface area contributed by atoms with Crippen LogP contribution in [0.15, 0.2) is 47.6 Å². The van der Waals surface area contributed by atoms with Gasteiger partial charge in [0.2, 0.25) is 0 Å². The fourth-order valence-electron chi connectivity index (χ4n) is 1.80. The third-order valence-electron chi connectivity index (χ3n) is 2.87. The molecule has 2 rings (SSSR count). The Balaban J connectivity index is 2.20. The molecule has 0 saturated heterocycles. The zero-order valence-corrected chi connectivity index (χ0v) is 12.2. The minimum atomic E-state index is -4.65. The van der Waals surface area contributed by atoms with Crippen LogP contribution < -0.4 is 5.43 Å². The second-order valence-electron chi connectivity index (χ2n) is 4.42. The van der Waals surface area contributed by atoms with E-state index in [9.17, 15) is 23.1 Å². The van der Waals surface area contributed by atoms with Gasteiger partial charge in [0.05, 0.1) is 27.9 Å². The number of phenols is 1. The van der Waals surface area contributed by atoms with Gasteiger partial charge in [-0.2, -0.15) is 18.3 Å². The van der Waals surface area contributed by atoms with Crippen LogP contribution in [0.3, 0.4) is 0 Å². The van der Waals surface area contributed by atoms with Crippen molar-refractivity contribution in [2.45, 2.75) is 6.18 Å². The molecule has 0 bridgehead atoms. The number of alkyl halides is 3. The molecule has 0 aromatic heterocycles. The summed E-state index contributed by atoms with van der Waals surface area (Å²) in [6, 6.07) is 8.70. The van der Waals surface area contributed by atoms with Gasteiger partial charge in [-0.3, -0.25) is 4.79 Å². The maximum atomic E-state index is 12.8. The second kappa shape index (κ2) is 6.70. The van der Waals surface area contributed by atoms with Gasteiger partial charge in [0.1, 0.15) is 5.75 Å². The molecule has 0 heterocycles. The average Bonchev–Trinajstić information content (AvgIpc) is 2.49. The van der Waals surface area contributed by atoms with Crippen LogP contribution >= 0.6 is 11.6 Å². The van der Waals surface area contributed by atoms with Crippen molar-refractivity contribution in [3.63, 3.8) is 0 Å². The number of phenolic OH excluding ortho intramolecular Hbond substituents is 1. The molecular formula is C15H10ClF3N2O2. The van der Waals surface area contributed by atoms with Gasteiger partial charge < -0.3 is 5.11 Å². The zero-order valence-electron chi connectivity index (χ0n) is 11.4. The van der Waals surface area contributed by atoms with E-state index in [1.165, 1.54) is 30.3 Å². The topological polar surface area (TPSA) is 61.7 Å². The average molecular weight is 343 g/mol. The van der Waals surface area contributed by atoms with Crippen LogP contribution in [-0.2, 0) is 6.18 Å². The van der Waals surface area contributed by atoms with Gasteiger partial charge in [0.25, 0.3) is 5.91 Å². The molecule has 2 aromatic rings. The Kier molecular flexibility index (Phi) is 4.90. The Morgan fingerprint density at radius 2 is 1.87 bits per heavy atom. The smallest absolute Gasteiger partial charge is 0.417 e. The van der Waals surface area contributed by atoms with Gasteiger partial charge in [-0.05, 0) is 24.3 Å². The van der Waals surface area contributed by atoms with E-state index in [1.54, 1.807) is 0 Å². The Hall–Kier alpha value is -2.54. The van der Waals surface area contributed by atoms with Gasteiger partial charge >= 0.3 is 6.18 Å². The third kappa shape index (κ3) is 4.01. The number of benzene rings is 2. The lowest BCUT2D eigenvalue weighted by Gasteiger charge is -2.11. The highest BCUT2D eigenvalue weighted by atomic mass is 35.5. The molecule has 0 aliphatic rings. The number of hydrogen-bond acceptors (Lipinski definition) is 3. The Morgan fingerprint density at radius 3 is 2.52 bits per heavy atom. The minimum Gasteiger partial charge on any atom is -0.507 e. The fourth-order valence-corrected chi connectivity index (χ4v) is 2.02. The lowest BCUT2D eigenvalue weighted by molar-refractivity contribution is -0.137. The molecule has 8 heteroatoms. The molecule has 0 radical (unpaired) electrons. The number of hydrogen-bond donors (Lipinski definition) is 2. The summed E-state index contributed by atoms with van der Waals surface area (Å²) in [6.45, 7) is 0. The van der Waals surface area contributed by atoms with Gasteiger partial charge in [-0.1, -0.05) is 29.8 Å². The Bertz CT molecular complexity index is 740. The monoisotopic (exact) mass is 342 g/mol. The first-order valence-corrected chi connectivity index (χ1v) is 6.65. The first kappa shape index (κ1) is 16.8. The molecule has 120 valence electrons. The van der Waals surface area contributed by atoms with E-state index in [2.05, 4.69) is 5.10 Å². The summed E-state index contributed by atoms with van der Waals surface area (Å²) in [7, 11) is 0. The summed E-state index contributed by atoms with van der Waals surface area (Å²) in [5.41, 5.74) is 0.496. The van der Waals surface area contributed by atoms with E-state index in [4.69, 9.17) is 11.6 Å². The first-order chi connectivity index (χ1) is 10.8. The predicted octanol–water partition coefficient (Wildman–Crippen LogP) is 3.83. The number of carbonyl (C=O) groups is 1. The second-order valence-corrected chi connectivity index (χ2v) is 4.82. The number of hydrazone groups is 1. The highest BCUT2D eigenvalue weighted by Gasteiger charge is 2.34. The first-order valence-electron chi connectivity index (χ1n) is 6.28. The predicted molar refractivity (Wildman–Crippen MR) is 79.6 cm³/mol. The largest absolute Gasteiger partial charge is 0.507 e. The normalized spacial score (nSPS) is 11.7. The van der Waals surface area contributed by atoms with Crippen LogP contribution in [0.25, 0.3) is 0 Å². The van der Waals surface area contributed by atoms with Crippen molar-refractivity contribution in [1.29, 1.82) is 0 Å². The van der Waals surface area contributed by atoms with E-state index in [-0.39, 0.29) is 16.3 Å². The van der Waals surface area contributed by atoms with Crippen molar-refractivity contribution in [2.75, 3.05) is 0 Å². The number of nitrogens with zero attached hydrogens (tertiary/aromatic N) is 1. The molecule has 0 spiro atoms. The standard InChI is InChI=1S/C15H10ClF3N2O2/c16-12-6-3-7-13(22)10(12)8-20-21-14(23)9-4-1-2-5-11(9)15(17,18)19/h1-8,22H,(H,21,23)/b20-8-. The van der Waals surface area contributed by atoms with Gasteiger partial charge in [0, 0.05) is 0 Å². The molecule has 2 aromatic carbocycles. The molecule has 0 fully saturated rings. The number of carbonyl (C=O) groups excluding carboxylic acids is 1. The molecule has 0 aliphatic carbocycles. The SMILES string of the molecule is O=C(N/N=C\c1c(O)cccc1Cl)c1ccccc1C(F)(F)F. The van der Waals surface area contributed by atoms with Gasteiger partial charge in [-0.15, -0.1) is 0 Å². The van der Waals surface area contributed by atoms with Crippen LogP contribution in [0.5, 0.6) is 5.75 Å². The summed E-state index contributed by atoms with van der Waals surface area (Å²) < 4.78 is 38.5. The summed E-state index contributed by atoms with van der Waals surface area (Å²) in [6.07, 6.45) is -3.61. The molecular weight excluding hydrogens is 333 g/mol. The molecule has 1 amide bonds. The summed E-state index contributed by atoms with van der Waals surface area (Å²) in [5.74, 6) is -1.20. The lowest BCUT2D eigenvalue weighted by Crippen LogP contribution is -2.22. The highest BCUT2D eigenvalue weighted by Crippen LogP contribution is 2.31. The van der Waals surface area contributed by atoms with Crippen molar-refractivity contribution >= 4 is 23.7 Å². The molecule has 0 unspecified atom stereocenters. The number of halogens is 4. The molecule has 2 N–H and O–H groups in total. The van der Waals surface area contributed by atoms with Crippen LogP contribution in [0.4, 0.5) is 13.2 Å². The molecule has 23 heavy (non-hydrogen) atoms. The maximum absolute atomic E-state index is 12.8. The van der Waals surface area contributed by atoms with Crippen molar-refractivity contribution in [2.24, 2.45) is 5.10 Å². The molecule has 0 saturated carbocycles. The van der Waals surface area contributed by atoms with Gasteiger partial charge in [0.15, 0.2) is 0 Å². The number of aromatic hydroxyl groups is 1. The molecule has 0 atom stereocenters. The minimum absolute atomic E-state index is 0.138. The molecule has 4 nitrogen and oxygen atoms in total. The third-order valence-corrected chi connectivity index (χ3v) is 3.20. The fraction of sp³-hybridized carbons (Fsp3) is 0.0667. The summed E-state index contributed by atoms with van der Waals surface area (Å²) >= 11 is 5.83. The van der Waals surface area contributed by atoms with E-state index in [0.29, 0.717) is 0 Å². The van der Waals surface area contributed by atoms with E-state index < -0.39 is 23.2 Å². The van der Waals surface area contributed by atoms with Crippen molar-refractivity contribution in [1.82, 2.24) is 5.43 Å². The van der Waals surface area contributed by atoms with Crippen molar-refractivity contribution in [3.05, 3.63) is 64.2 Å². The quantitative estimate of drug-likeness (QED) is 0.658. The van der Waals surface area contributed by atoms with Crippen molar-refractivity contribution in [3.8, 4) is 5.75 Å². The zero-order chi connectivity index (χ0) is 17.0. The lowest BCUT2D eigenvalue weighted by atomic mass is 10.1. The van der Waals surface area contributed by atoms with E-state index in [0.717, 1.165) is 18.3 Å². The Labute approximate surface area is 134 Å². The van der Waals surface area contributed by atoms with Crippen LogP contribution in [0.2, 0.25) is 5.02 Å². The van der Waals surface area contributed by atoms with Crippen molar-refractivity contribution < 1.29 is 23.1 Å². The van der Waals surface area contributed by atoms with E-state index in [1.807, 2.05) is 5.43 Å². The van der Waals surface area contributed by atoms with Crippen LogP contribution in [-0.4, -0.2) is 17.2 Å². The Morgan fingerprint density at radius 1 is 1.17 bits per heavy atom. The molecule has 0 aliphatic heterocycles. The number of amides is 1. The summed E-state index contributed by atoms with van der Waals surface area (Å²) in [5, 5.41) is 13.3. The number of nitrogens with one attached hydrogen (secondary N) is 1. The van der Waals surface area contributed by atoms with Crippen LogP contribution in [0, 0.1) is 0 Å². The van der Waals surface area contributed by atoms with Gasteiger partial charge in [-0.25, -0.2) is 5.43 Å². The highest BCUT2D eigenvalue weighted by molar-refractivity contribution is 6.33. The number of rotatable bonds is 3. The van der Waals surface area contributed by atoms with E-state index >= 15 is 0 Å². The maximum Gasteiger partial charge on any atom is 0.417 e. The van der Waals surface area contributed by atoms with Crippen LogP contribution in [0.1, 0.15) is 21.5 Å². The summed E-state index contributed by atoms with van der Waals surface area (Å²) in [4.78, 5) is 11.9.